The molecule has 1 saturated heterocycles. The Bertz CT molecular complexity index is 926. The van der Waals surface area contributed by atoms with Crippen molar-refractivity contribution in [3.63, 3.8) is 0 Å². The third kappa shape index (κ3) is 5.04. The number of halogens is 1. The number of likely N-dealkylation sites (tertiary alicyclic amines) is 1. The second kappa shape index (κ2) is 9.17. The molecule has 2 aliphatic rings. The van der Waals surface area contributed by atoms with Gasteiger partial charge in [0.05, 0.1) is 12.2 Å². The zero-order valence-electron chi connectivity index (χ0n) is 17.7. The molecule has 2 aromatic carbocycles. The number of amides is 1. The van der Waals surface area contributed by atoms with Crippen LogP contribution in [0.15, 0.2) is 42.5 Å². The Morgan fingerprint density at radius 2 is 1.97 bits per heavy atom. The minimum absolute atomic E-state index is 0.0312. The number of β-amino-alcohol motifs (C(OH)–C–C–N with tert-alkyl or cyclic N) is 1. The number of benzene rings is 2. The Hall–Kier alpha value is -2.12. The second-order valence-electron chi connectivity index (χ2n) is 8.53. The van der Waals surface area contributed by atoms with Gasteiger partial charge in [0.25, 0.3) is 0 Å². The van der Waals surface area contributed by atoms with Crippen molar-refractivity contribution in [2.75, 3.05) is 25.0 Å². The summed E-state index contributed by atoms with van der Waals surface area (Å²) >= 11 is 6.06. The highest BCUT2D eigenvalue weighted by Crippen LogP contribution is 2.45. The molecule has 2 atom stereocenters. The molecular formula is C24H29ClN2O4. The van der Waals surface area contributed by atoms with Crippen molar-refractivity contribution in [3.05, 3.63) is 58.6 Å². The lowest BCUT2D eigenvalue weighted by Gasteiger charge is -2.46. The first-order valence-corrected chi connectivity index (χ1v) is 11.2. The van der Waals surface area contributed by atoms with Gasteiger partial charge in [-0.2, -0.15) is 0 Å². The average molecular weight is 445 g/mol. The van der Waals surface area contributed by atoms with Crippen LogP contribution in [0, 0.1) is 0 Å². The molecular weight excluding hydrogens is 416 g/mol. The molecule has 1 fully saturated rings. The predicted molar refractivity (Wildman–Crippen MR) is 120 cm³/mol. The molecule has 166 valence electrons. The lowest BCUT2D eigenvalue weighted by molar-refractivity contribution is -0.115. The normalized spacial score (nSPS) is 21.2. The van der Waals surface area contributed by atoms with Crippen LogP contribution in [-0.2, 0) is 4.79 Å². The summed E-state index contributed by atoms with van der Waals surface area (Å²) in [6.45, 7) is 3.92. The molecule has 1 amide bonds. The maximum atomic E-state index is 11.5. The Morgan fingerprint density at radius 1 is 1.26 bits per heavy atom. The number of hydrogen-bond donors (Lipinski definition) is 3. The molecule has 0 saturated carbocycles. The van der Waals surface area contributed by atoms with Crippen LogP contribution in [0.4, 0.5) is 5.69 Å². The van der Waals surface area contributed by atoms with Gasteiger partial charge in [0.1, 0.15) is 11.4 Å². The summed E-state index contributed by atoms with van der Waals surface area (Å²) in [4.78, 5) is 13.7. The summed E-state index contributed by atoms with van der Waals surface area (Å²) in [6.07, 6.45) is 1.39. The van der Waals surface area contributed by atoms with Crippen LogP contribution < -0.4 is 10.1 Å². The van der Waals surface area contributed by atoms with Crippen LogP contribution in [0.2, 0.25) is 5.02 Å². The number of fused-ring (bicyclic) bond motifs is 1. The number of piperidine rings is 1. The number of hydrogen-bond acceptors (Lipinski definition) is 5. The molecule has 6 nitrogen and oxygen atoms in total. The van der Waals surface area contributed by atoms with E-state index in [-0.39, 0.29) is 11.5 Å². The molecule has 2 aromatic rings. The monoisotopic (exact) mass is 444 g/mol. The molecule has 1 spiro atoms. The highest BCUT2D eigenvalue weighted by atomic mass is 35.5. The number of aliphatic hydroxyl groups excluding tert-OH is 2. The van der Waals surface area contributed by atoms with E-state index in [1.54, 1.807) is 12.1 Å². The molecule has 2 heterocycles. The lowest BCUT2D eigenvalue weighted by atomic mass is 9.81. The fraction of sp³-hybridized carbons (Fsp3) is 0.458. The van der Waals surface area contributed by atoms with E-state index in [2.05, 4.69) is 10.2 Å². The van der Waals surface area contributed by atoms with Crippen molar-refractivity contribution in [2.45, 2.75) is 50.4 Å². The Balaban J connectivity index is 1.33. The van der Waals surface area contributed by atoms with Crippen LogP contribution in [0.5, 0.6) is 5.75 Å². The smallest absolute Gasteiger partial charge is 0.224 e. The van der Waals surface area contributed by atoms with Crippen molar-refractivity contribution >= 4 is 23.2 Å². The minimum atomic E-state index is -0.606. The third-order valence-electron chi connectivity index (χ3n) is 6.32. The number of nitrogens with one attached hydrogen (secondary N) is 1. The van der Waals surface area contributed by atoms with E-state index in [9.17, 15) is 15.0 Å². The van der Waals surface area contributed by atoms with E-state index in [4.69, 9.17) is 16.3 Å². The van der Waals surface area contributed by atoms with Crippen LogP contribution >= 0.6 is 11.6 Å². The molecule has 31 heavy (non-hydrogen) atoms. The lowest BCUT2D eigenvalue weighted by Crippen LogP contribution is -2.51. The predicted octanol–water partition coefficient (Wildman–Crippen LogP) is 4.07. The molecule has 3 N–H and O–H groups in total. The van der Waals surface area contributed by atoms with E-state index < -0.39 is 12.2 Å². The van der Waals surface area contributed by atoms with Gasteiger partial charge in [-0.3, -0.25) is 4.79 Å². The first-order chi connectivity index (χ1) is 14.9. The number of carbonyl (C=O) groups excluding carboxylic acids is 1. The zero-order chi connectivity index (χ0) is 22.0. The largest absolute Gasteiger partial charge is 0.487 e. The Labute approximate surface area is 187 Å². The van der Waals surface area contributed by atoms with Gasteiger partial charge in [-0.05, 0) is 48.7 Å². The maximum Gasteiger partial charge on any atom is 0.224 e. The first-order valence-electron chi connectivity index (χ1n) is 10.8. The molecule has 0 aliphatic carbocycles. The molecule has 0 bridgehead atoms. The molecule has 0 radical (unpaired) electrons. The number of ether oxygens (including phenoxy) is 1. The van der Waals surface area contributed by atoms with Gasteiger partial charge in [0, 0.05) is 48.7 Å². The van der Waals surface area contributed by atoms with Crippen molar-refractivity contribution in [1.82, 2.24) is 4.90 Å². The van der Waals surface area contributed by atoms with Gasteiger partial charge >= 0.3 is 0 Å². The topological polar surface area (TPSA) is 82.0 Å². The van der Waals surface area contributed by atoms with Gasteiger partial charge in [-0.1, -0.05) is 30.7 Å². The fourth-order valence-electron chi connectivity index (χ4n) is 4.45. The van der Waals surface area contributed by atoms with E-state index in [1.807, 2.05) is 37.3 Å². The van der Waals surface area contributed by atoms with Crippen molar-refractivity contribution in [2.24, 2.45) is 0 Å². The standard InChI is InChI=1S/C24H29ClN2O4/c1-2-23(30)26-18-6-3-16(4-7-18)21(29)15-27-11-9-24(10-12-27)14-20(28)19-13-17(25)5-8-22(19)31-24/h3-8,13,20-21,28-29H,2,9-12,14-15H2,1H3,(H,26,30)/t20-,21-/m0/s1. The number of aliphatic hydroxyl groups is 2. The summed E-state index contributed by atoms with van der Waals surface area (Å²) in [6, 6.07) is 12.7. The van der Waals surface area contributed by atoms with E-state index >= 15 is 0 Å². The van der Waals surface area contributed by atoms with Gasteiger partial charge in [-0.15, -0.1) is 0 Å². The summed E-state index contributed by atoms with van der Waals surface area (Å²) in [7, 11) is 0. The van der Waals surface area contributed by atoms with E-state index in [1.165, 1.54) is 0 Å². The molecule has 7 heteroatoms. The highest BCUT2D eigenvalue weighted by Gasteiger charge is 2.43. The molecule has 0 unspecified atom stereocenters. The molecule has 4 rings (SSSR count). The second-order valence-corrected chi connectivity index (χ2v) is 8.96. The van der Waals surface area contributed by atoms with Crippen LogP contribution in [0.3, 0.4) is 0 Å². The van der Waals surface area contributed by atoms with E-state index in [0.29, 0.717) is 30.2 Å². The van der Waals surface area contributed by atoms with Crippen LogP contribution in [-0.4, -0.2) is 46.3 Å². The Kier molecular flexibility index (Phi) is 6.53. The summed E-state index contributed by atoms with van der Waals surface area (Å²) in [5.41, 5.74) is 1.94. The first kappa shape index (κ1) is 22.1. The van der Waals surface area contributed by atoms with Crippen molar-refractivity contribution in [1.29, 1.82) is 0 Å². The van der Waals surface area contributed by atoms with Gasteiger partial charge in [0.15, 0.2) is 0 Å². The Morgan fingerprint density at radius 3 is 2.65 bits per heavy atom. The zero-order valence-corrected chi connectivity index (χ0v) is 18.4. The minimum Gasteiger partial charge on any atom is -0.487 e. The number of carbonyl (C=O) groups is 1. The fourth-order valence-corrected chi connectivity index (χ4v) is 4.63. The van der Waals surface area contributed by atoms with E-state index in [0.717, 1.165) is 42.7 Å². The number of anilines is 1. The maximum absolute atomic E-state index is 11.5. The summed E-state index contributed by atoms with van der Waals surface area (Å²) < 4.78 is 6.34. The number of nitrogens with zero attached hydrogens (tertiary/aromatic N) is 1. The van der Waals surface area contributed by atoms with Gasteiger partial charge < -0.3 is 25.2 Å². The van der Waals surface area contributed by atoms with Gasteiger partial charge in [-0.25, -0.2) is 0 Å². The quantitative estimate of drug-likeness (QED) is 0.647. The van der Waals surface area contributed by atoms with Crippen molar-refractivity contribution < 1.29 is 19.7 Å². The average Bonchev–Trinajstić information content (AvgIpc) is 2.76. The van der Waals surface area contributed by atoms with Gasteiger partial charge in [0.2, 0.25) is 5.91 Å². The summed E-state index contributed by atoms with van der Waals surface area (Å²) in [5.74, 6) is 0.684. The van der Waals surface area contributed by atoms with Crippen molar-refractivity contribution in [3.8, 4) is 5.75 Å². The molecule has 2 aliphatic heterocycles. The summed E-state index contributed by atoms with van der Waals surface area (Å²) in [5, 5.41) is 24.7. The highest BCUT2D eigenvalue weighted by molar-refractivity contribution is 6.30. The third-order valence-corrected chi connectivity index (χ3v) is 6.56. The molecule has 0 aromatic heterocycles. The van der Waals surface area contributed by atoms with Crippen LogP contribution in [0.25, 0.3) is 0 Å². The SMILES string of the molecule is CCC(=O)Nc1ccc([C@@H](O)CN2CCC3(CC2)C[C@H](O)c2cc(Cl)ccc2O3)cc1. The number of rotatable bonds is 5. The van der Waals surface area contributed by atoms with Crippen LogP contribution in [0.1, 0.15) is 55.9 Å².